The number of carbonyl (C=O) groups excluding carboxylic acids is 1. The van der Waals surface area contributed by atoms with E-state index in [1.54, 1.807) is 11.2 Å². The predicted octanol–water partition coefficient (Wildman–Crippen LogP) is 1.74. The standard InChI is InChI=1S/C13H15N3O3/c1-2-11-14-13(19-15-11)9-6-12(17)16(7-9)8-10-4-3-5-18-10/h3-5,9H,2,6-8H2,1H3. The third kappa shape index (κ3) is 2.38. The second-order valence-electron chi connectivity index (χ2n) is 4.66. The molecule has 1 unspecified atom stereocenters. The van der Waals surface area contributed by atoms with Crippen molar-refractivity contribution in [3.8, 4) is 0 Å². The van der Waals surface area contributed by atoms with Crippen molar-refractivity contribution < 1.29 is 13.7 Å². The van der Waals surface area contributed by atoms with Crippen LogP contribution in [-0.2, 0) is 17.8 Å². The number of amides is 1. The van der Waals surface area contributed by atoms with Gasteiger partial charge in [-0.25, -0.2) is 0 Å². The Morgan fingerprint density at radius 3 is 3.11 bits per heavy atom. The SMILES string of the molecule is CCc1noc(C2CC(=O)N(Cc3ccco3)C2)n1. The van der Waals surface area contributed by atoms with Crippen LogP contribution >= 0.6 is 0 Å². The minimum atomic E-state index is -0.00439. The second kappa shape index (κ2) is 4.87. The molecule has 6 nitrogen and oxygen atoms in total. The molecule has 1 aliphatic rings. The normalized spacial score (nSPS) is 19.3. The van der Waals surface area contributed by atoms with E-state index in [-0.39, 0.29) is 11.8 Å². The number of likely N-dealkylation sites (tertiary alicyclic amines) is 1. The topological polar surface area (TPSA) is 72.4 Å². The minimum Gasteiger partial charge on any atom is -0.467 e. The molecule has 100 valence electrons. The van der Waals surface area contributed by atoms with E-state index in [4.69, 9.17) is 8.94 Å². The second-order valence-corrected chi connectivity index (χ2v) is 4.66. The van der Waals surface area contributed by atoms with E-state index in [9.17, 15) is 4.79 Å². The summed E-state index contributed by atoms with van der Waals surface area (Å²) in [6.45, 7) is 3.07. The van der Waals surface area contributed by atoms with Gasteiger partial charge in [-0.2, -0.15) is 4.98 Å². The highest BCUT2D eigenvalue weighted by molar-refractivity contribution is 5.79. The van der Waals surface area contributed by atoms with Gasteiger partial charge in [0.05, 0.1) is 18.7 Å². The highest BCUT2D eigenvalue weighted by atomic mass is 16.5. The molecule has 0 bridgehead atoms. The van der Waals surface area contributed by atoms with E-state index < -0.39 is 0 Å². The van der Waals surface area contributed by atoms with Crippen LogP contribution in [0, 0.1) is 0 Å². The van der Waals surface area contributed by atoms with Crippen LogP contribution in [0.2, 0.25) is 0 Å². The average Bonchev–Trinajstić information content (AvgIpc) is 3.12. The molecule has 3 rings (SSSR count). The third-order valence-corrected chi connectivity index (χ3v) is 3.29. The number of rotatable bonds is 4. The first-order chi connectivity index (χ1) is 9.26. The summed E-state index contributed by atoms with van der Waals surface area (Å²) in [5, 5.41) is 3.87. The molecule has 0 aliphatic carbocycles. The van der Waals surface area contributed by atoms with Crippen LogP contribution in [0.4, 0.5) is 0 Å². The molecule has 2 aromatic rings. The third-order valence-electron chi connectivity index (χ3n) is 3.29. The fraction of sp³-hybridized carbons (Fsp3) is 0.462. The number of aromatic nitrogens is 2. The van der Waals surface area contributed by atoms with Crippen LogP contribution in [0.5, 0.6) is 0 Å². The lowest BCUT2D eigenvalue weighted by molar-refractivity contribution is -0.128. The average molecular weight is 261 g/mol. The highest BCUT2D eigenvalue weighted by Gasteiger charge is 2.34. The molecular weight excluding hydrogens is 246 g/mol. The molecule has 19 heavy (non-hydrogen) atoms. The largest absolute Gasteiger partial charge is 0.467 e. The Balaban J connectivity index is 1.69. The van der Waals surface area contributed by atoms with Crippen molar-refractivity contribution in [1.29, 1.82) is 0 Å². The summed E-state index contributed by atoms with van der Waals surface area (Å²) < 4.78 is 10.5. The Bertz CT molecular complexity index is 561. The van der Waals surface area contributed by atoms with Gasteiger partial charge in [0.15, 0.2) is 5.82 Å². The monoisotopic (exact) mass is 261 g/mol. The fourth-order valence-electron chi connectivity index (χ4n) is 2.26. The zero-order chi connectivity index (χ0) is 13.2. The molecule has 0 saturated carbocycles. The zero-order valence-electron chi connectivity index (χ0n) is 10.7. The van der Waals surface area contributed by atoms with Gasteiger partial charge in [0.2, 0.25) is 11.8 Å². The molecule has 2 aromatic heterocycles. The van der Waals surface area contributed by atoms with Crippen molar-refractivity contribution in [3.05, 3.63) is 35.9 Å². The summed E-state index contributed by atoms with van der Waals surface area (Å²) in [5.74, 6) is 2.13. The summed E-state index contributed by atoms with van der Waals surface area (Å²) in [7, 11) is 0. The van der Waals surface area contributed by atoms with Gasteiger partial charge in [-0.1, -0.05) is 12.1 Å². The van der Waals surface area contributed by atoms with Crippen LogP contribution in [-0.4, -0.2) is 27.5 Å². The predicted molar refractivity (Wildman–Crippen MR) is 65.2 cm³/mol. The van der Waals surface area contributed by atoms with Gasteiger partial charge in [-0.15, -0.1) is 0 Å². The molecular formula is C13H15N3O3. The van der Waals surface area contributed by atoms with Gasteiger partial charge >= 0.3 is 0 Å². The lowest BCUT2D eigenvalue weighted by atomic mass is 10.1. The van der Waals surface area contributed by atoms with Crippen molar-refractivity contribution in [1.82, 2.24) is 15.0 Å². The number of nitrogens with zero attached hydrogens (tertiary/aromatic N) is 3. The zero-order valence-corrected chi connectivity index (χ0v) is 10.7. The van der Waals surface area contributed by atoms with Gasteiger partial charge in [0.25, 0.3) is 0 Å². The van der Waals surface area contributed by atoms with E-state index in [1.807, 2.05) is 19.1 Å². The summed E-state index contributed by atoms with van der Waals surface area (Å²) in [6, 6.07) is 3.68. The summed E-state index contributed by atoms with van der Waals surface area (Å²) in [4.78, 5) is 18.0. The van der Waals surface area contributed by atoms with Crippen molar-refractivity contribution in [3.63, 3.8) is 0 Å². The summed E-state index contributed by atoms with van der Waals surface area (Å²) >= 11 is 0. The van der Waals surface area contributed by atoms with Crippen molar-refractivity contribution in [2.75, 3.05) is 6.54 Å². The van der Waals surface area contributed by atoms with Crippen molar-refractivity contribution in [2.45, 2.75) is 32.2 Å². The molecule has 3 heterocycles. The summed E-state index contributed by atoms with van der Waals surface area (Å²) in [6.07, 6.45) is 2.77. The minimum absolute atomic E-state index is 0.00439. The number of aryl methyl sites for hydroxylation is 1. The molecule has 6 heteroatoms. The van der Waals surface area contributed by atoms with Gasteiger partial charge in [0, 0.05) is 19.4 Å². The van der Waals surface area contributed by atoms with Crippen LogP contribution < -0.4 is 0 Å². The molecule has 0 aromatic carbocycles. The van der Waals surface area contributed by atoms with Crippen molar-refractivity contribution >= 4 is 5.91 Å². The van der Waals surface area contributed by atoms with Gasteiger partial charge in [-0.05, 0) is 12.1 Å². The van der Waals surface area contributed by atoms with Gasteiger partial charge in [-0.3, -0.25) is 4.79 Å². The first kappa shape index (κ1) is 12.0. The van der Waals surface area contributed by atoms with Crippen LogP contribution in [0.1, 0.15) is 36.7 Å². The number of hydrogen-bond acceptors (Lipinski definition) is 5. The molecule has 1 aliphatic heterocycles. The molecule has 1 saturated heterocycles. The van der Waals surface area contributed by atoms with Crippen molar-refractivity contribution in [2.24, 2.45) is 0 Å². The van der Waals surface area contributed by atoms with Crippen LogP contribution in [0.3, 0.4) is 0 Å². The fourth-order valence-corrected chi connectivity index (χ4v) is 2.26. The summed E-state index contributed by atoms with van der Waals surface area (Å²) in [5.41, 5.74) is 0. The molecule has 1 amide bonds. The number of carbonyl (C=O) groups is 1. The van der Waals surface area contributed by atoms with Gasteiger partial charge in [0.1, 0.15) is 5.76 Å². The maximum atomic E-state index is 12.0. The Hall–Kier alpha value is -2.11. The molecule has 1 atom stereocenters. The van der Waals surface area contributed by atoms with E-state index in [2.05, 4.69) is 10.1 Å². The first-order valence-electron chi connectivity index (χ1n) is 6.39. The molecule has 1 fully saturated rings. The smallest absolute Gasteiger partial charge is 0.232 e. The van der Waals surface area contributed by atoms with Gasteiger partial charge < -0.3 is 13.8 Å². The quantitative estimate of drug-likeness (QED) is 0.838. The molecule has 0 spiro atoms. The molecule has 0 radical (unpaired) electrons. The Kier molecular flexibility index (Phi) is 3.06. The van der Waals surface area contributed by atoms with E-state index in [0.29, 0.717) is 31.2 Å². The van der Waals surface area contributed by atoms with E-state index >= 15 is 0 Å². The van der Waals surface area contributed by atoms with Crippen LogP contribution in [0.15, 0.2) is 27.3 Å². The Morgan fingerprint density at radius 1 is 1.53 bits per heavy atom. The van der Waals surface area contributed by atoms with E-state index in [1.165, 1.54) is 0 Å². The lowest BCUT2D eigenvalue weighted by Gasteiger charge is -2.13. The first-order valence-corrected chi connectivity index (χ1v) is 6.39. The Labute approximate surface area is 110 Å². The number of hydrogen-bond donors (Lipinski definition) is 0. The van der Waals surface area contributed by atoms with E-state index in [0.717, 1.165) is 12.2 Å². The maximum Gasteiger partial charge on any atom is 0.232 e. The molecule has 0 N–H and O–H groups in total. The maximum absolute atomic E-state index is 12.0. The lowest BCUT2D eigenvalue weighted by Crippen LogP contribution is -2.24. The Morgan fingerprint density at radius 2 is 2.42 bits per heavy atom. The van der Waals surface area contributed by atoms with Crippen LogP contribution in [0.25, 0.3) is 0 Å². The number of furan rings is 1. The highest BCUT2D eigenvalue weighted by Crippen LogP contribution is 2.28.